The molecular weight excluding hydrogens is 235 g/mol. The molecular formula is C13H17FN2O2. The Hall–Kier alpha value is -1.48. The van der Waals surface area contributed by atoms with Crippen molar-refractivity contribution in [2.45, 2.75) is 13.0 Å². The Morgan fingerprint density at radius 1 is 1.39 bits per heavy atom. The van der Waals surface area contributed by atoms with Crippen LogP contribution >= 0.6 is 0 Å². The first-order valence-electron chi connectivity index (χ1n) is 5.85. The van der Waals surface area contributed by atoms with Gasteiger partial charge in [0.15, 0.2) is 0 Å². The normalized spacial score (nSPS) is 10.3. The second-order valence-electron chi connectivity index (χ2n) is 3.78. The number of rotatable bonds is 8. The number of benzene rings is 1. The van der Waals surface area contributed by atoms with Gasteiger partial charge in [-0.2, -0.15) is 5.26 Å². The SMILES string of the molecule is N#Cc1ccc(F)cc1CNCCCOCCO. The number of halogens is 1. The number of aliphatic hydroxyl groups excluding tert-OH is 1. The number of aliphatic hydroxyl groups is 1. The first kappa shape index (κ1) is 14.6. The summed E-state index contributed by atoms with van der Waals surface area (Å²) in [6.45, 7) is 2.13. The standard InChI is InChI=1S/C13H17FN2O2/c14-13-3-2-11(9-15)12(8-13)10-16-4-1-6-18-7-5-17/h2-3,8,16-17H,1,4-7,10H2. The van der Waals surface area contributed by atoms with Crippen LogP contribution in [0.1, 0.15) is 17.5 Å². The lowest BCUT2D eigenvalue weighted by Gasteiger charge is -2.07. The van der Waals surface area contributed by atoms with E-state index in [-0.39, 0.29) is 12.4 Å². The number of hydrogen-bond acceptors (Lipinski definition) is 4. The largest absolute Gasteiger partial charge is 0.394 e. The van der Waals surface area contributed by atoms with Gasteiger partial charge in [0.1, 0.15) is 5.82 Å². The van der Waals surface area contributed by atoms with Crippen molar-refractivity contribution in [3.63, 3.8) is 0 Å². The molecule has 4 nitrogen and oxygen atoms in total. The quantitative estimate of drug-likeness (QED) is 0.682. The molecule has 0 saturated heterocycles. The minimum Gasteiger partial charge on any atom is -0.394 e. The lowest BCUT2D eigenvalue weighted by molar-refractivity contribution is 0.0907. The monoisotopic (exact) mass is 252 g/mol. The molecule has 0 radical (unpaired) electrons. The van der Waals surface area contributed by atoms with Crippen LogP contribution in [0.2, 0.25) is 0 Å². The highest BCUT2D eigenvalue weighted by Crippen LogP contribution is 2.09. The van der Waals surface area contributed by atoms with Gasteiger partial charge in [0.2, 0.25) is 0 Å². The van der Waals surface area contributed by atoms with Crippen molar-refractivity contribution in [3.05, 3.63) is 35.1 Å². The minimum absolute atomic E-state index is 0.0300. The summed E-state index contributed by atoms with van der Waals surface area (Å²) >= 11 is 0. The third-order valence-corrected chi connectivity index (χ3v) is 2.38. The average molecular weight is 252 g/mol. The maximum Gasteiger partial charge on any atom is 0.123 e. The van der Waals surface area contributed by atoms with Gasteiger partial charge in [-0.3, -0.25) is 0 Å². The number of hydrogen-bond donors (Lipinski definition) is 2. The maximum absolute atomic E-state index is 13.0. The first-order chi connectivity index (χ1) is 8.77. The van der Waals surface area contributed by atoms with Crippen LogP contribution in [0.3, 0.4) is 0 Å². The van der Waals surface area contributed by atoms with Crippen LogP contribution in [-0.4, -0.2) is 31.5 Å². The number of nitriles is 1. The average Bonchev–Trinajstić information content (AvgIpc) is 2.38. The third kappa shape index (κ3) is 5.23. The van der Waals surface area contributed by atoms with Crippen molar-refractivity contribution in [2.24, 2.45) is 0 Å². The maximum atomic E-state index is 13.0. The van der Waals surface area contributed by atoms with Crippen molar-refractivity contribution in [1.29, 1.82) is 5.26 Å². The molecule has 1 rings (SSSR count). The topological polar surface area (TPSA) is 65.3 Å². The van der Waals surface area contributed by atoms with E-state index >= 15 is 0 Å². The van der Waals surface area contributed by atoms with E-state index in [1.165, 1.54) is 18.2 Å². The second kappa shape index (κ2) is 8.59. The van der Waals surface area contributed by atoms with E-state index in [1.807, 2.05) is 6.07 Å². The lowest BCUT2D eigenvalue weighted by Crippen LogP contribution is -2.17. The first-order valence-corrected chi connectivity index (χ1v) is 5.85. The molecule has 18 heavy (non-hydrogen) atoms. The molecule has 0 spiro atoms. The van der Waals surface area contributed by atoms with E-state index in [4.69, 9.17) is 15.1 Å². The van der Waals surface area contributed by atoms with Gasteiger partial charge in [0, 0.05) is 13.2 Å². The van der Waals surface area contributed by atoms with Gasteiger partial charge >= 0.3 is 0 Å². The summed E-state index contributed by atoms with van der Waals surface area (Å²) in [5, 5.41) is 20.5. The van der Waals surface area contributed by atoms with Crippen molar-refractivity contribution in [1.82, 2.24) is 5.32 Å². The van der Waals surface area contributed by atoms with E-state index in [0.717, 1.165) is 6.42 Å². The fraction of sp³-hybridized carbons (Fsp3) is 0.462. The number of nitrogens with one attached hydrogen (secondary N) is 1. The second-order valence-corrected chi connectivity index (χ2v) is 3.78. The van der Waals surface area contributed by atoms with Crippen LogP contribution in [0, 0.1) is 17.1 Å². The van der Waals surface area contributed by atoms with Crippen LogP contribution < -0.4 is 5.32 Å². The van der Waals surface area contributed by atoms with Gasteiger partial charge in [0.25, 0.3) is 0 Å². The predicted octanol–water partition coefficient (Wildman–Crippen LogP) is 1.19. The number of nitrogens with zero attached hydrogens (tertiary/aromatic N) is 1. The summed E-state index contributed by atoms with van der Waals surface area (Å²) in [5.74, 6) is -0.336. The predicted molar refractivity (Wildman–Crippen MR) is 65.3 cm³/mol. The van der Waals surface area contributed by atoms with Crippen LogP contribution in [0.15, 0.2) is 18.2 Å². The molecule has 2 N–H and O–H groups in total. The number of ether oxygens (including phenoxy) is 1. The van der Waals surface area contributed by atoms with Crippen LogP contribution in [0.5, 0.6) is 0 Å². The van der Waals surface area contributed by atoms with E-state index in [1.54, 1.807) is 0 Å². The van der Waals surface area contributed by atoms with Gasteiger partial charge in [-0.05, 0) is 36.7 Å². The van der Waals surface area contributed by atoms with E-state index in [2.05, 4.69) is 5.32 Å². The summed E-state index contributed by atoms with van der Waals surface area (Å²) in [6.07, 6.45) is 0.803. The Kier molecular flexibility index (Phi) is 6.96. The van der Waals surface area contributed by atoms with Crippen molar-refractivity contribution in [3.8, 4) is 6.07 Å². The molecule has 0 amide bonds. The Morgan fingerprint density at radius 2 is 2.22 bits per heavy atom. The highest BCUT2D eigenvalue weighted by atomic mass is 19.1. The molecule has 0 aromatic heterocycles. The Labute approximate surface area is 106 Å². The minimum atomic E-state index is -0.336. The Morgan fingerprint density at radius 3 is 2.94 bits per heavy atom. The van der Waals surface area contributed by atoms with Gasteiger partial charge < -0.3 is 15.2 Å². The summed E-state index contributed by atoms with van der Waals surface area (Å²) in [5.41, 5.74) is 1.15. The van der Waals surface area contributed by atoms with Gasteiger partial charge in [-0.25, -0.2) is 4.39 Å². The molecule has 98 valence electrons. The highest BCUT2D eigenvalue weighted by molar-refractivity contribution is 5.37. The lowest BCUT2D eigenvalue weighted by atomic mass is 10.1. The fourth-order valence-corrected chi connectivity index (χ4v) is 1.51. The molecule has 0 aliphatic rings. The summed E-state index contributed by atoms with van der Waals surface area (Å²) in [7, 11) is 0. The van der Waals surface area contributed by atoms with Crippen LogP contribution in [0.4, 0.5) is 4.39 Å². The van der Waals surface area contributed by atoms with Crippen molar-refractivity contribution >= 4 is 0 Å². The van der Waals surface area contributed by atoms with Crippen LogP contribution in [0.25, 0.3) is 0 Å². The molecule has 5 heteroatoms. The van der Waals surface area contributed by atoms with Crippen molar-refractivity contribution in [2.75, 3.05) is 26.4 Å². The van der Waals surface area contributed by atoms with E-state index in [0.29, 0.717) is 37.4 Å². The fourth-order valence-electron chi connectivity index (χ4n) is 1.51. The van der Waals surface area contributed by atoms with Gasteiger partial charge in [-0.15, -0.1) is 0 Å². The summed E-state index contributed by atoms with van der Waals surface area (Å²) < 4.78 is 18.1. The highest BCUT2D eigenvalue weighted by Gasteiger charge is 2.02. The molecule has 0 fully saturated rings. The van der Waals surface area contributed by atoms with Gasteiger partial charge in [0.05, 0.1) is 24.8 Å². The molecule has 0 heterocycles. The molecule has 1 aromatic carbocycles. The van der Waals surface area contributed by atoms with E-state index < -0.39 is 0 Å². The molecule has 0 aliphatic carbocycles. The smallest absolute Gasteiger partial charge is 0.123 e. The molecule has 0 aliphatic heterocycles. The Bertz CT molecular complexity index is 404. The van der Waals surface area contributed by atoms with Gasteiger partial charge in [-0.1, -0.05) is 0 Å². The molecule has 0 atom stereocenters. The molecule has 0 saturated carbocycles. The van der Waals surface area contributed by atoms with Crippen molar-refractivity contribution < 1.29 is 14.2 Å². The Balaban J connectivity index is 2.27. The zero-order valence-electron chi connectivity index (χ0n) is 10.2. The molecule has 0 bridgehead atoms. The molecule has 1 aromatic rings. The molecule has 0 unspecified atom stereocenters. The van der Waals surface area contributed by atoms with Crippen LogP contribution in [-0.2, 0) is 11.3 Å². The summed E-state index contributed by atoms with van der Waals surface area (Å²) in [4.78, 5) is 0. The zero-order chi connectivity index (χ0) is 13.2. The summed E-state index contributed by atoms with van der Waals surface area (Å²) in [6, 6.07) is 6.17. The van der Waals surface area contributed by atoms with E-state index in [9.17, 15) is 4.39 Å². The third-order valence-electron chi connectivity index (χ3n) is 2.38. The zero-order valence-corrected chi connectivity index (χ0v) is 10.2.